The fourth-order valence-electron chi connectivity index (χ4n) is 2.43. The van der Waals surface area contributed by atoms with Crippen molar-refractivity contribution in [3.05, 3.63) is 68.0 Å². The van der Waals surface area contributed by atoms with E-state index >= 15 is 0 Å². The van der Waals surface area contributed by atoms with Crippen LogP contribution in [0.4, 0.5) is 0 Å². The summed E-state index contributed by atoms with van der Waals surface area (Å²) in [5, 5.41) is 7.66. The molecule has 0 radical (unpaired) electrons. The van der Waals surface area contributed by atoms with Crippen molar-refractivity contribution < 1.29 is 4.74 Å². The third-order valence-corrected chi connectivity index (χ3v) is 4.31. The second-order valence-electron chi connectivity index (χ2n) is 5.58. The highest BCUT2D eigenvalue weighted by Gasteiger charge is 2.14. The molecule has 0 saturated carbocycles. The number of para-hydroxylation sites is 1. The van der Waals surface area contributed by atoms with Crippen molar-refractivity contribution in [3.8, 4) is 11.4 Å². The normalized spacial score (nSPS) is 10.8. The molecule has 0 N–H and O–H groups in total. The Bertz CT molecular complexity index is 946. The molecule has 1 aromatic heterocycles. The molecule has 7 heteroatoms. The summed E-state index contributed by atoms with van der Waals surface area (Å²) >= 11 is 3.46. The van der Waals surface area contributed by atoms with Gasteiger partial charge in [0.1, 0.15) is 18.0 Å². The first kappa shape index (κ1) is 16.4. The second kappa shape index (κ2) is 6.60. The van der Waals surface area contributed by atoms with Gasteiger partial charge in [0, 0.05) is 11.5 Å². The second-order valence-corrected chi connectivity index (χ2v) is 6.50. The Morgan fingerprint density at radius 3 is 2.58 bits per heavy atom. The van der Waals surface area contributed by atoms with E-state index in [4.69, 9.17) is 4.74 Å². The largest absolute Gasteiger partial charge is 0.486 e. The molecule has 0 spiro atoms. The molecule has 1 heterocycles. The molecule has 0 amide bonds. The molecule has 124 valence electrons. The quantitative estimate of drug-likeness (QED) is 0.689. The van der Waals surface area contributed by atoms with E-state index in [0.717, 1.165) is 21.2 Å². The number of hydrogen-bond acceptors (Lipinski definition) is 4. The number of rotatable bonds is 4. The van der Waals surface area contributed by atoms with Crippen LogP contribution in [-0.2, 0) is 13.7 Å². The lowest BCUT2D eigenvalue weighted by atomic mass is 10.1. The minimum Gasteiger partial charge on any atom is -0.486 e. The number of aromatic nitrogens is 4. The number of halogens is 1. The van der Waals surface area contributed by atoms with Crippen LogP contribution in [0.15, 0.2) is 45.7 Å². The van der Waals surface area contributed by atoms with E-state index in [9.17, 15) is 4.79 Å². The zero-order valence-electron chi connectivity index (χ0n) is 13.7. The van der Waals surface area contributed by atoms with Crippen LogP contribution in [0.25, 0.3) is 5.69 Å². The lowest BCUT2D eigenvalue weighted by Gasteiger charge is -2.14. The number of aryl methyl sites for hydroxylation is 3. The monoisotopic (exact) mass is 388 g/mol. The first-order chi connectivity index (χ1) is 11.5. The molecule has 0 aliphatic carbocycles. The molecule has 0 fully saturated rings. The molecule has 2 aromatic carbocycles. The summed E-state index contributed by atoms with van der Waals surface area (Å²) in [5.74, 6) is 0.627. The Labute approximate surface area is 147 Å². The Kier molecular flexibility index (Phi) is 4.53. The molecule has 3 aromatic rings. The van der Waals surface area contributed by atoms with Gasteiger partial charge in [0.15, 0.2) is 0 Å². The van der Waals surface area contributed by atoms with Gasteiger partial charge in [-0.1, -0.05) is 34.1 Å². The highest BCUT2D eigenvalue weighted by molar-refractivity contribution is 9.10. The molecule has 0 atom stereocenters. The van der Waals surface area contributed by atoms with Gasteiger partial charge in [-0.25, -0.2) is 4.79 Å². The molecular formula is C17H17BrN4O2. The van der Waals surface area contributed by atoms with Gasteiger partial charge >= 0.3 is 5.69 Å². The van der Waals surface area contributed by atoms with Crippen molar-refractivity contribution in [2.45, 2.75) is 20.5 Å². The molecule has 3 rings (SSSR count). The van der Waals surface area contributed by atoms with Gasteiger partial charge in [-0.15, -0.1) is 0 Å². The van der Waals surface area contributed by atoms with Gasteiger partial charge in [-0.2, -0.15) is 9.36 Å². The lowest BCUT2D eigenvalue weighted by Crippen LogP contribution is -2.22. The van der Waals surface area contributed by atoms with E-state index in [1.165, 1.54) is 9.36 Å². The van der Waals surface area contributed by atoms with Crippen molar-refractivity contribution in [3.63, 3.8) is 0 Å². The zero-order chi connectivity index (χ0) is 17.3. The van der Waals surface area contributed by atoms with E-state index in [-0.39, 0.29) is 5.69 Å². The van der Waals surface area contributed by atoms with Crippen molar-refractivity contribution in [1.29, 1.82) is 0 Å². The van der Waals surface area contributed by atoms with Crippen LogP contribution in [0.1, 0.15) is 16.7 Å². The van der Waals surface area contributed by atoms with Crippen molar-refractivity contribution >= 4 is 15.9 Å². The van der Waals surface area contributed by atoms with Crippen molar-refractivity contribution in [2.75, 3.05) is 0 Å². The van der Waals surface area contributed by atoms with Gasteiger partial charge in [-0.05, 0) is 59.2 Å². The summed E-state index contributed by atoms with van der Waals surface area (Å²) < 4.78 is 9.51. The summed E-state index contributed by atoms with van der Waals surface area (Å²) in [4.78, 5) is 12.1. The number of hydrogen-bond donors (Lipinski definition) is 0. The third-order valence-electron chi connectivity index (χ3n) is 3.82. The molecule has 0 unspecified atom stereocenters. The molecule has 24 heavy (non-hydrogen) atoms. The van der Waals surface area contributed by atoms with Gasteiger partial charge in [-0.3, -0.25) is 0 Å². The maximum Gasteiger partial charge on any atom is 0.368 e. The van der Waals surface area contributed by atoms with Crippen LogP contribution in [0.2, 0.25) is 0 Å². The number of tetrazole rings is 1. The van der Waals surface area contributed by atoms with Gasteiger partial charge in [0.05, 0.1) is 0 Å². The summed E-state index contributed by atoms with van der Waals surface area (Å²) in [7, 11) is 1.56. The predicted molar refractivity (Wildman–Crippen MR) is 94.5 cm³/mol. The topological polar surface area (TPSA) is 61.9 Å². The Morgan fingerprint density at radius 2 is 1.92 bits per heavy atom. The van der Waals surface area contributed by atoms with Gasteiger partial charge in [0.2, 0.25) is 0 Å². The average Bonchev–Trinajstić information content (AvgIpc) is 2.87. The summed E-state index contributed by atoms with van der Waals surface area (Å²) in [6.45, 7) is 4.38. The summed E-state index contributed by atoms with van der Waals surface area (Å²) in [5.41, 5.74) is 3.42. The van der Waals surface area contributed by atoms with E-state index in [1.807, 2.05) is 44.2 Å². The summed E-state index contributed by atoms with van der Waals surface area (Å²) in [6.07, 6.45) is 0. The molecule has 0 bridgehead atoms. The van der Waals surface area contributed by atoms with E-state index in [0.29, 0.717) is 18.0 Å². The zero-order valence-corrected chi connectivity index (χ0v) is 15.2. The molecule has 0 saturated heterocycles. The van der Waals surface area contributed by atoms with E-state index in [1.54, 1.807) is 13.1 Å². The fourth-order valence-corrected chi connectivity index (χ4v) is 2.90. The fraction of sp³-hybridized carbons (Fsp3) is 0.235. The predicted octanol–water partition coefficient (Wildman–Crippen LogP) is 2.92. The first-order valence-corrected chi connectivity index (χ1v) is 8.23. The van der Waals surface area contributed by atoms with Crippen LogP contribution in [-0.4, -0.2) is 19.8 Å². The Morgan fingerprint density at radius 1 is 1.12 bits per heavy atom. The number of ether oxygens (including phenoxy) is 1. The molecular weight excluding hydrogens is 372 g/mol. The molecule has 0 aliphatic heterocycles. The standard InChI is InChI=1S/C17H17BrN4O2/c1-11-5-4-6-15(22-17(23)21(3)19-20-22)16(11)24-10-13-7-8-14(18)9-12(13)2/h4-9H,10H2,1-3H3. The van der Waals surface area contributed by atoms with Crippen LogP contribution < -0.4 is 10.4 Å². The van der Waals surface area contributed by atoms with Gasteiger partial charge < -0.3 is 4.74 Å². The van der Waals surface area contributed by atoms with Crippen LogP contribution in [0.5, 0.6) is 5.75 Å². The maximum atomic E-state index is 12.1. The lowest BCUT2D eigenvalue weighted by molar-refractivity contribution is 0.301. The van der Waals surface area contributed by atoms with Crippen LogP contribution >= 0.6 is 15.9 Å². The Balaban J connectivity index is 1.96. The molecule has 0 aliphatic rings. The highest BCUT2D eigenvalue weighted by Crippen LogP contribution is 2.27. The summed E-state index contributed by atoms with van der Waals surface area (Å²) in [6, 6.07) is 11.7. The maximum absolute atomic E-state index is 12.1. The van der Waals surface area contributed by atoms with E-state index in [2.05, 4.69) is 26.4 Å². The van der Waals surface area contributed by atoms with Crippen molar-refractivity contribution in [1.82, 2.24) is 19.8 Å². The van der Waals surface area contributed by atoms with E-state index < -0.39 is 0 Å². The average molecular weight is 389 g/mol. The SMILES string of the molecule is Cc1cc(Br)ccc1COc1c(C)cccc1-n1nnn(C)c1=O. The minimum absolute atomic E-state index is 0.315. The molecule has 6 nitrogen and oxygen atoms in total. The number of benzene rings is 2. The smallest absolute Gasteiger partial charge is 0.368 e. The Hall–Kier alpha value is -2.41. The third kappa shape index (κ3) is 3.12. The first-order valence-electron chi connectivity index (χ1n) is 7.44. The van der Waals surface area contributed by atoms with Gasteiger partial charge in [0.25, 0.3) is 0 Å². The van der Waals surface area contributed by atoms with Crippen LogP contribution in [0.3, 0.4) is 0 Å². The minimum atomic E-state index is -0.315. The highest BCUT2D eigenvalue weighted by atomic mass is 79.9. The number of nitrogens with zero attached hydrogens (tertiary/aromatic N) is 4. The van der Waals surface area contributed by atoms with Crippen LogP contribution in [0, 0.1) is 13.8 Å². The van der Waals surface area contributed by atoms with Crippen molar-refractivity contribution in [2.24, 2.45) is 7.05 Å².